The molecule has 0 amide bonds. The summed E-state index contributed by atoms with van der Waals surface area (Å²) in [7, 11) is -3.15. The molecule has 24 heavy (non-hydrogen) atoms. The normalized spacial score (nSPS) is 19.5. The first-order valence-electron chi connectivity index (χ1n) is 8.05. The zero-order valence-electron chi connectivity index (χ0n) is 14.0. The fraction of sp³-hybridized carbons (Fsp3) is 0.500. The van der Waals surface area contributed by atoms with E-state index in [-0.39, 0.29) is 6.04 Å². The van der Waals surface area contributed by atoms with Gasteiger partial charge in [0.15, 0.2) is 0 Å². The van der Waals surface area contributed by atoms with Crippen molar-refractivity contribution in [1.82, 2.24) is 24.4 Å². The summed E-state index contributed by atoms with van der Waals surface area (Å²) in [5.41, 5.74) is 3.38. The Hall–Kier alpha value is -1.77. The van der Waals surface area contributed by atoms with Crippen LogP contribution in [0.2, 0.25) is 0 Å². The summed E-state index contributed by atoms with van der Waals surface area (Å²) in [6.45, 7) is 4.62. The van der Waals surface area contributed by atoms with Crippen molar-refractivity contribution in [3.05, 3.63) is 42.0 Å². The summed E-state index contributed by atoms with van der Waals surface area (Å²) in [6.07, 6.45) is 6.33. The molecule has 1 aliphatic heterocycles. The topological polar surface area (TPSA) is 80.1 Å². The van der Waals surface area contributed by atoms with Gasteiger partial charge in [-0.2, -0.15) is 5.10 Å². The maximum atomic E-state index is 11.4. The third kappa shape index (κ3) is 4.40. The van der Waals surface area contributed by atoms with Crippen LogP contribution in [0.5, 0.6) is 0 Å². The molecule has 1 N–H and O–H groups in total. The quantitative estimate of drug-likeness (QED) is 0.874. The zero-order valence-corrected chi connectivity index (χ0v) is 14.8. The maximum Gasteiger partial charge on any atom is 0.208 e. The van der Waals surface area contributed by atoms with Crippen LogP contribution >= 0.6 is 0 Å². The monoisotopic (exact) mass is 349 g/mol. The molecule has 0 unspecified atom stereocenters. The molecule has 2 aromatic rings. The number of aromatic nitrogens is 3. The van der Waals surface area contributed by atoms with Gasteiger partial charge >= 0.3 is 0 Å². The molecule has 3 rings (SSSR count). The van der Waals surface area contributed by atoms with Gasteiger partial charge in [0.2, 0.25) is 10.0 Å². The number of aryl methyl sites for hydroxylation is 1. The van der Waals surface area contributed by atoms with Crippen LogP contribution in [0.25, 0.3) is 5.69 Å². The van der Waals surface area contributed by atoms with Gasteiger partial charge in [0.25, 0.3) is 0 Å². The molecule has 8 heteroatoms. The largest absolute Gasteiger partial charge is 0.298 e. The van der Waals surface area contributed by atoms with Crippen molar-refractivity contribution in [2.75, 3.05) is 19.3 Å². The van der Waals surface area contributed by atoms with Gasteiger partial charge in [0, 0.05) is 19.1 Å². The van der Waals surface area contributed by atoms with E-state index in [0.717, 1.165) is 43.7 Å². The van der Waals surface area contributed by atoms with Crippen LogP contribution in [-0.2, 0) is 16.6 Å². The Labute approximate surface area is 142 Å². The first-order chi connectivity index (χ1) is 11.4. The van der Waals surface area contributed by atoms with Crippen LogP contribution < -0.4 is 4.72 Å². The predicted molar refractivity (Wildman–Crippen MR) is 92.4 cm³/mol. The second-order valence-electron chi connectivity index (χ2n) is 6.43. The van der Waals surface area contributed by atoms with Gasteiger partial charge in [-0.25, -0.2) is 22.8 Å². The molecule has 0 saturated carbocycles. The van der Waals surface area contributed by atoms with E-state index in [1.54, 1.807) is 11.0 Å². The maximum absolute atomic E-state index is 11.4. The molecule has 1 aliphatic rings. The second kappa shape index (κ2) is 7.00. The molecule has 2 heterocycles. The molecule has 1 aromatic heterocycles. The van der Waals surface area contributed by atoms with Crippen molar-refractivity contribution < 1.29 is 8.42 Å². The number of likely N-dealkylation sites (tertiary alicyclic amines) is 1. The van der Waals surface area contributed by atoms with Crippen LogP contribution in [0.4, 0.5) is 0 Å². The van der Waals surface area contributed by atoms with Gasteiger partial charge in [0.05, 0.1) is 11.9 Å². The van der Waals surface area contributed by atoms with E-state index in [0.29, 0.717) is 0 Å². The Morgan fingerprint density at radius 1 is 1.38 bits per heavy atom. The number of nitrogens with zero attached hydrogens (tertiary/aromatic N) is 4. The van der Waals surface area contributed by atoms with E-state index >= 15 is 0 Å². The Kier molecular flexibility index (Phi) is 4.98. The Balaban J connectivity index is 1.66. The summed E-state index contributed by atoms with van der Waals surface area (Å²) in [6, 6.07) is 6.31. The van der Waals surface area contributed by atoms with Gasteiger partial charge in [-0.3, -0.25) is 4.90 Å². The summed E-state index contributed by atoms with van der Waals surface area (Å²) < 4.78 is 27.3. The first kappa shape index (κ1) is 17.1. The number of piperidine rings is 1. The van der Waals surface area contributed by atoms with Crippen molar-refractivity contribution in [2.45, 2.75) is 32.4 Å². The molecule has 0 radical (unpaired) electrons. The average molecular weight is 349 g/mol. The van der Waals surface area contributed by atoms with Crippen molar-refractivity contribution in [2.24, 2.45) is 0 Å². The SMILES string of the molecule is Cc1cc(CN2CCC[C@@H](NS(C)(=O)=O)C2)ccc1-n1cncn1. The molecule has 1 saturated heterocycles. The predicted octanol–water partition coefficient (Wildman–Crippen LogP) is 1.09. The lowest BCUT2D eigenvalue weighted by Crippen LogP contribution is -2.46. The van der Waals surface area contributed by atoms with Gasteiger partial charge < -0.3 is 0 Å². The van der Waals surface area contributed by atoms with Gasteiger partial charge in [-0.1, -0.05) is 12.1 Å². The molecule has 130 valence electrons. The van der Waals surface area contributed by atoms with Crippen molar-refractivity contribution >= 4 is 10.0 Å². The van der Waals surface area contributed by atoms with Gasteiger partial charge in [-0.15, -0.1) is 0 Å². The summed E-state index contributed by atoms with van der Waals surface area (Å²) in [5.74, 6) is 0. The number of hydrogen-bond donors (Lipinski definition) is 1. The number of rotatable bonds is 5. The standard InChI is InChI=1S/C16H23N5O2S/c1-13-8-14(5-6-16(13)21-12-17-11-18-21)9-20-7-3-4-15(10-20)19-24(2,22)23/h5-6,8,11-12,15,19H,3-4,7,9-10H2,1-2H3/t15-/m1/s1. The second-order valence-corrected chi connectivity index (χ2v) is 8.21. The molecule has 0 bridgehead atoms. The highest BCUT2D eigenvalue weighted by atomic mass is 32.2. The van der Waals surface area contributed by atoms with Crippen LogP contribution in [0.3, 0.4) is 0 Å². The summed E-state index contributed by atoms with van der Waals surface area (Å²) >= 11 is 0. The third-order valence-corrected chi connectivity index (χ3v) is 4.98. The molecule has 0 spiro atoms. The Morgan fingerprint density at radius 3 is 2.88 bits per heavy atom. The molecular formula is C16H23N5O2S. The van der Waals surface area contributed by atoms with Crippen LogP contribution in [0, 0.1) is 6.92 Å². The summed E-state index contributed by atoms with van der Waals surface area (Å²) in [5, 5.41) is 4.17. The minimum Gasteiger partial charge on any atom is -0.298 e. The highest BCUT2D eigenvalue weighted by Gasteiger charge is 2.22. The van der Waals surface area contributed by atoms with Crippen LogP contribution in [0.15, 0.2) is 30.9 Å². The van der Waals surface area contributed by atoms with Crippen LogP contribution in [-0.4, -0.2) is 53.5 Å². The molecule has 1 aromatic carbocycles. The van der Waals surface area contributed by atoms with E-state index < -0.39 is 10.0 Å². The minimum atomic E-state index is -3.15. The lowest BCUT2D eigenvalue weighted by atomic mass is 10.0. The zero-order chi connectivity index (χ0) is 17.2. The van der Waals surface area contributed by atoms with E-state index in [9.17, 15) is 8.42 Å². The summed E-state index contributed by atoms with van der Waals surface area (Å²) in [4.78, 5) is 6.28. The fourth-order valence-electron chi connectivity index (χ4n) is 3.26. The highest BCUT2D eigenvalue weighted by Crippen LogP contribution is 2.18. The van der Waals surface area contributed by atoms with E-state index in [1.165, 1.54) is 18.1 Å². The van der Waals surface area contributed by atoms with E-state index in [4.69, 9.17) is 0 Å². The van der Waals surface area contributed by atoms with E-state index in [2.05, 4.69) is 44.8 Å². The van der Waals surface area contributed by atoms with Crippen molar-refractivity contribution in [3.63, 3.8) is 0 Å². The van der Waals surface area contributed by atoms with Crippen molar-refractivity contribution in [1.29, 1.82) is 0 Å². The number of hydrogen-bond acceptors (Lipinski definition) is 5. The third-order valence-electron chi connectivity index (χ3n) is 4.22. The number of nitrogens with one attached hydrogen (secondary N) is 1. The Morgan fingerprint density at radius 2 is 2.21 bits per heavy atom. The molecule has 1 atom stereocenters. The van der Waals surface area contributed by atoms with Gasteiger partial charge in [-0.05, 0) is 43.5 Å². The smallest absolute Gasteiger partial charge is 0.208 e. The van der Waals surface area contributed by atoms with E-state index in [1.807, 2.05) is 0 Å². The lowest BCUT2D eigenvalue weighted by molar-refractivity contribution is 0.194. The molecule has 0 aliphatic carbocycles. The number of sulfonamides is 1. The number of benzene rings is 1. The Bertz CT molecular complexity index is 789. The lowest BCUT2D eigenvalue weighted by Gasteiger charge is -2.32. The highest BCUT2D eigenvalue weighted by molar-refractivity contribution is 7.88. The molecular weight excluding hydrogens is 326 g/mol. The first-order valence-corrected chi connectivity index (χ1v) is 9.94. The average Bonchev–Trinajstić information content (AvgIpc) is 3.00. The van der Waals surface area contributed by atoms with Gasteiger partial charge in [0.1, 0.15) is 12.7 Å². The fourth-order valence-corrected chi connectivity index (χ4v) is 4.06. The molecule has 7 nitrogen and oxygen atoms in total. The molecule has 1 fully saturated rings. The minimum absolute atomic E-state index is 0.00395. The van der Waals surface area contributed by atoms with Crippen molar-refractivity contribution in [3.8, 4) is 5.69 Å². The van der Waals surface area contributed by atoms with Crippen LogP contribution in [0.1, 0.15) is 24.0 Å².